The summed E-state index contributed by atoms with van der Waals surface area (Å²) in [7, 11) is 0. The van der Waals surface area contributed by atoms with Crippen molar-refractivity contribution >= 4 is 45.6 Å². The van der Waals surface area contributed by atoms with Gasteiger partial charge in [-0.15, -0.1) is 0 Å². The number of pyridine rings is 1. The molecule has 160 valence electrons. The smallest absolute Gasteiger partial charge is 0.255 e. The molecule has 0 fully saturated rings. The van der Waals surface area contributed by atoms with Crippen LogP contribution in [0.4, 0.5) is 11.4 Å². The molecule has 1 aromatic heterocycles. The third-order valence-corrected chi connectivity index (χ3v) is 5.39. The molecule has 0 atom stereocenters. The Kier molecular flexibility index (Phi) is 6.47. The van der Waals surface area contributed by atoms with Gasteiger partial charge in [-0.05, 0) is 60.3 Å². The lowest BCUT2D eigenvalue weighted by atomic mass is 10.0. The van der Waals surface area contributed by atoms with Gasteiger partial charge in [0.15, 0.2) is 0 Å². The second kappa shape index (κ2) is 9.62. The molecule has 2 N–H and O–H groups in total. The number of fused-ring (bicyclic) bond motifs is 1. The van der Waals surface area contributed by atoms with Crippen LogP contribution in [-0.2, 0) is 4.79 Å². The quantitative estimate of drug-likeness (QED) is 0.355. The zero-order valence-electron chi connectivity index (χ0n) is 17.6. The highest BCUT2D eigenvalue weighted by molar-refractivity contribution is 6.33. The van der Waals surface area contributed by atoms with E-state index in [1.807, 2.05) is 43.3 Å². The fourth-order valence-electron chi connectivity index (χ4n) is 3.48. The lowest BCUT2D eigenvalue weighted by Gasteiger charge is -2.11. The van der Waals surface area contributed by atoms with Crippen molar-refractivity contribution in [1.29, 1.82) is 0 Å². The van der Waals surface area contributed by atoms with E-state index in [4.69, 9.17) is 11.6 Å². The van der Waals surface area contributed by atoms with Gasteiger partial charge in [0.05, 0.1) is 10.7 Å². The molecule has 0 radical (unpaired) electrons. The minimum Gasteiger partial charge on any atom is -0.326 e. The fraction of sp³-hybridized carbons (Fsp3) is 0.115. The van der Waals surface area contributed by atoms with E-state index in [0.29, 0.717) is 28.4 Å². The molecule has 0 saturated heterocycles. The highest BCUT2D eigenvalue weighted by Crippen LogP contribution is 2.33. The summed E-state index contributed by atoms with van der Waals surface area (Å²) in [6.45, 7) is 1.95. The highest BCUT2D eigenvalue weighted by atomic mass is 35.5. The van der Waals surface area contributed by atoms with Crippen LogP contribution in [0.2, 0.25) is 5.02 Å². The molecule has 0 aliphatic carbocycles. The van der Waals surface area contributed by atoms with Crippen LogP contribution in [0, 0.1) is 0 Å². The minimum absolute atomic E-state index is 0.0413. The molecule has 0 bridgehead atoms. The number of benzene rings is 3. The van der Waals surface area contributed by atoms with Crippen LogP contribution in [0.5, 0.6) is 0 Å². The Hall–Kier alpha value is -3.70. The number of rotatable bonds is 6. The number of anilines is 2. The number of hydrogen-bond acceptors (Lipinski definition) is 3. The largest absolute Gasteiger partial charge is 0.326 e. The van der Waals surface area contributed by atoms with E-state index in [1.165, 1.54) is 0 Å². The first kappa shape index (κ1) is 21.5. The summed E-state index contributed by atoms with van der Waals surface area (Å²) in [5, 5.41) is 8.33. The van der Waals surface area contributed by atoms with Gasteiger partial charge in [0.2, 0.25) is 5.91 Å². The Morgan fingerprint density at radius 3 is 2.44 bits per heavy atom. The maximum atomic E-state index is 12.7. The first-order valence-corrected chi connectivity index (χ1v) is 10.8. The molecular formula is C26H22ClN3O2. The molecule has 3 aromatic carbocycles. The van der Waals surface area contributed by atoms with Crippen molar-refractivity contribution in [2.75, 3.05) is 10.6 Å². The number of aromatic nitrogens is 1. The lowest BCUT2D eigenvalue weighted by molar-refractivity contribution is -0.116. The van der Waals surface area contributed by atoms with Crippen LogP contribution < -0.4 is 10.6 Å². The fourth-order valence-corrected chi connectivity index (χ4v) is 3.68. The van der Waals surface area contributed by atoms with E-state index in [9.17, 15) is 9.59 Å². The summed E-state index contributed by atoms with van der Waals surface area (Å²) in [6, 6.07) is 22.0. The highest BCUT2D eigenvalue weighted by Gasteiger charge is 2.12. The molecule has 0 saturated carbocycles. The number of halogens is 1. The maximum absolute atomic E-state index is 12.7. The first-order valence-electron chi connectivity index (χ1n) is 10.4. The van der Waals surface area contributed by atoms with E-state index < -0.39 is 0 Å². The van der Waals surface area contributed by atoms with Crippen molar-refractivity contribution in [3.8, 4) is 11.3 Å². The Labute approximate surface area is 191 Å². The zero-order valence-corrected chi connectivity index (χ0v) is 18.3. The Balaban J connectivity index is 1.55. The Morgan fingerprint density at radius 2 is 1.66 bits per heavy atom. The van der Waals surface area contributed by atoms with Gasteiger partial charge >= 0.3 is 0 Å². The minimum atomic E-state index is -0.254. The van der Waals surface area contributed by atoms with Crippen molar-refractivity contribution in [3.05, 3.63) is 89.6 Å². The van der Waals surface area contributed by atoms with Crippen LogP contribution in [0.25, 0.3) is 22.0 Å². The van der Waals surface area contributed by atoms with E-state index in [0.717, 1.165) is 28.5 Å². The summed E-state index contributed by atoms with van der Waals surface area (Å²) in [5.74, 6) is -0.295. The number of amides is 2. The maximum Gasteiger partial charge on any atom is 0.255 e. The SMILES string of the molecule is CCCC(=O)Nc1ccc(C(=O)Nc2ccc(Cl)c(-c3nccc4ccccc34)c2)cc1. The van der Waals surface area contributed by atoms with Crippen molar-refractivity contribution in [2.45, 2.75) is 19.8 Å². The van der Waals surface area contributed by atoms with Crippen LogP contribution in [-0.4, -0.2) is 16.8 Å². The summed E-state index contributed by atoms with van der Waals surface area (Å²) in [6.07, 6.45) is 3.00. The van der Waals surface area contributed by atoms with E-state index in [1.54, 1.807) is 42.6 Å². The van der Waals surface area contributed by atoms with Crippen LogP contribution in [0.3, 0.4) is 0 Å². The first-order chi connectivity index (χ1) is 15.5. The van der Waals surface area contributed by atoms with Crippen LogP contribution >= 0.6 is 11.6 Å². The molecule has 0 spiro atoms. The third kappa shape index (κ3) is 4.79. The normalized spacial score (nSPS) is 10.7. The number of carbonyl (C=O) groups excluding carboxylic acids is 2. The number of nitrogens with zero attached hydrogens (tertiary/aromatic N) is 1. The monoisotopic (exact) mass is 443 g/mol. The molecule has 4 rings (SSSR count). The second-order valence-corrected chi connectivity index (χ2v) is 7.81. The topological polar surface area (TPSA) is 71.1 Å². The van der Waals surface area contributed by atoms with Gasteiger partial charge in [0, 0.05) is 40.5 Å². The predicted molar refractivity (Wildman–Crippen MR) is 130 cm³/mol. The molecule has 0 unspecified atom stereocenters. The summed E-state index contributed by atoms with van der Waals surface area (Å²) in [4.78, 5) is 29.0. The summed E-state index contributed by atoms with van der Waals surface area (Å²) >= 11 is 6.48. The van der Waals surface area contributed by atoms with Crippen LogP contribution in [0.1, 0.15) is 30.1 Å². The average molecular weight is 444 g/mol. The lowest BCUT2D eigenvalue weighted by Crippen LogP contribution is -2.13. The molecule has 1 heterocycles. The van der Waals surface area contributed by atoms with Gasteiger partial charge in [0.25, 0.3) is 5.91 Å². The van der Waals surface area contributed by atoms with Crippen molar-refractivity contribution in [1.82, 2.24) is 4.98 Å². The van der Waals surface area contributed by atoms with Crippen molar-refractivity contribution < 1.29 is 9.59 Å². The molecule has 4 aromatic rings. The van der Waals surface area contributed by atoms with E-state index in [2.05, 4.69) is 15.6 Å². The zero-order chi connectivity index (χ0) is 22.5. The Bertz CT molecular complexity index is 1280. The molecule has 5 nitrogen and oxygen atoms in total. The average Bonchev–Trinajstić information content (AvgIpc) is 2.80. The van der Waals surface area contributed by atoms with Gasteiger partial charge in [-0.2, -0.15) is 0 Å². The van der Waals surface area contributed by atoms with Gasteiger partial charge in [0.1, 0.15) is 0 Å². The van der Waals surface area contributed by atoms with E-state index in [-0.39, 0.29) is 11.8 Å². The van der Waals surface area contributed by atoms with Gasteiger partial charge in [-0.25, -0.2) is 0 Å². The standard InChI is InChI=1S/C26H22ClN3O2/c1-2-5-24(31)29-19-10-8-18(9-11-19)26(32)30-20-12-13-23(27)22(16-20)25-21-7-4-3-6-17(21)14-15-28-25/h3-4,6-16H,2,5H2,1H3,(H,29,31)(H,30,32). The van der Waals surface area contributed by atoms with Crippen molar-refractivity contribution in [2.24, 2.45) is 0 Å². The summed E-state index contributed by atoms with van der Waals surface area (Å²) in [5.41, 5.74) is 3.27. The summed E-state index contributed by atoms with van der Waals surface area (Å²) < 4.78 is 0. The van der Waals surface area contributed by atoms with Gasteiger partial charge < -0.3 is 10.6 Å². The Morgan fingerprint density at radius 1 is 0.906 bits per heavy atom. The van der Waals surface area contributed by atoms with Crippen LogP contribution in [0.15, 0.2) is 79.0 Å². The third-order valence-electron chi connectivity index (χ3n) is 5.06. The van der Waals surface area contributed by atoms with E-state index >= 15 is 0 Å². The predicted octanol–water partition coefficient (Wildman–Crippen LogP) is 6.55. The number of carbonyl (C=O) groups is 2. The molecule has 0 aliphatic rings. The molecule has 2 amide bonds. The van der Waals surface area contributed by atoms with Gasteiger partial charge in [-0.1, -0.05) is 42.8 Å². The number of hydrogen-bond donors (Lipinski definition) is 2. The number of nitrogens with one attached hydrogen (secondary N) is 2. The second-order valence-electron chi connectivity index (χ2n) is 7.40. The molecule has 6 heteroatoms. The molecule has 0 aliphatic heterocycles. The molecular weight excluding hydrogens is 422 g/mol. The molecule has 32 heavy (non-hydrogen) atoms. The van der Waals surface area contributed by atoms with Gasteiger partial charge in [-0.3, -0.25) is 14.6 Å². The van der Waals surface area contributed by atoms with Crippen molar-refractivity contribution in [3.63, 3.8) is 0 Å².